The molecule has 2 amide bonds. The zero-order valence-corrected chi connectivity index (χ0v) is 18.6. The first kappa shape index (κ1) is 19.8. The topological polar surface area (TPSA) is 64.4 Å². The fourth-order valence-corrected chi connectivity index (χ4v) is 4.76. The van der Waals surface area contributed by atoms with E-state index in [9.17, 15) is 9.59 Å². The van der Waals surface area contributed by atoms with Crippen molar-refractivity contribution in [3.63, 3.8) is 0 Å². The van der Waals surface area contributed by atoms with E-state index in [4.69, 9.17) is 4.74 Å². The fourth-order valence-electron chi connectivity index (χ4n) is 4.25. The molecule has 0 bridgehead atoms. The molecular weight excluding hydrogens is 458 g/mol. The molecule has 3 heterocycles. The molecule has 0 N–H and O–H groups in total. The van der Waals surface area contributed by atoms with Gasteiger partial charge in [0.15, 0.2) is 0 Å². The number of carbonyl (C=O) groups excluding carboxylic acids is 2. The summed E-state index contributed by atoms with van der Waals surface area (Å²) in [6.07, 6.45) is 3.23. The Labute approximate surface area is 187 Å². The summed E-state index contributed by atoms with van der Waals surface area (Å²) in [5.41, 5.74) is 3.47. The number of piperidine rings is 1. The van der Waals surface area contributed by atoms with Gasteiger partial charge in [-0.05, 0) is 52.2 Å². The molecule has 0 radical (unpaired) electrons. The third-order valence-electron chi connectivity index (χ3n) is 5.71. The molecule has 1 aliphatic heterocycles. The Morgan fingerprint density at radius 1 is 1.06 bits per heavy atom. The maximum Gasteiger partial charge on any atom is 0.229 e. The second kappa shape index (κ2) is 7.81. The number of ether oxygens (including phenoxy) is 1. The summed E-state index contributed by atoms with van der Waals surface area (Å²) in [5.74, 6) is 0.455. The normalized spacial score (nSPS) is 14.6. The number of pyridine rings is 1. The van der Waals surface area contributed by atoms with Crippen molar-refractivity contribution in [2.45, 2.75) is 25.8 Å². The Kier molecular flexibility index (Phi) is 4.98. The number of amides is 2. The molecule has 5 rings (SSSR count). The van der Waals surface area contributed by atoms with Crippen LogP contribution < -0.4 is 4.74 Å². The number of imide groups is 1. The lowest BCUT2D eigenvalue weighted by Gasteiger charge is -2.25. The van der Waals surface area contributed by atoms with Crippen LogP contribution in [0.1, 0.15) is 24.8 Å². The van der Waals surface area contributed by atoms with Gasteiger partial charge >= 0.3 is 0 Å². The molecule has 0 aliphatic carbocycles. The summed E-state index contributed by atoms with van der Waals surface area (Å²) in [6, 6.07) is 15.8. The van der Waals surface area contributed by atoms with Crippen LogP contribution in [0, 0.1) is 0 Å². The predicted octanol–water partition coefficient (Wildman–Crippen LogP) is 4.99. The Morgan fingerprint density at radius 3 is 2.61 bits per heavy atom. The maximum atomic E-state index is 12.3. The minimum Gasteiger partial charge on any atom is -0.495 e. The van der Waals surface area contributed by atoms with E-state index in [2.05, 4.69) is 31.5 Å². The zero-order valence-electron chi connectivity index (χ0n) is 17.0. The number of carbonyl (C=O) groups is 2. The van der Waals surface area contributed by atoms with E-state index < -0.39 is 0 Å². The molecule has 1 aliphatic rings. The molecule has 7 heteroatoms. The van der Waals surface area contributed by atoms with Crippen molar-refractivity contribution >= 4 is 49.7 Å². The second-order valence-electron chi connectivity index (χ2n) is 7.58. The maximum absolute atomic E-state index is 12.3. The van der Waals surface area contributed by atoms with Gasteiger partial charge in [-0.15, -0.1) is 0 Å². The number of nitrogens with zero attached hydrogens (tertiary/aromatic N) is 3. The minimum absolute atomic E-state index is 0.115. The molecule has 0 saturated carbocycles. The van der Waals surface area contributed by atoms with Crippen molar-refractivity contribution < 1.29 is 14.3 Å². The smallest absolute Gasteiger partial charge is 0.229 e. The summed E-state index contributed by atoms with van der Waals surface area (Å²) < 4.78 is 8.71. The lowest BCUT2D eigenvalue weighted by molar-refractivity contribution is -0.148. The van der Waals surface area contributed by atoms with Crippen molar-refractivity contribution in [3.8, 4) is 11.4 Å². The van der Waals surface area contributed by atoms with Crippen molar-refractivity contribution in [2.75, 3.05) is 7.11 Å². The van der Waals surface area contributed by atoms with Crippen LogP contribution in [0.2, 0.25) is 0 Å². The van der Waals surface area contributed by atoms with E-state index in [1.165, 1.54) is 4.90 Å². The zero-order chi connectivity index (χ0) is 21.5. The van der Waals surface area contributed by atoms with Gasteiger partial charge in [0, 0.05) is 34.3 Å². The molecule has 2 aromatic heterocycles. The predicted molar refractivity (Wildman–Crippen MR) is 122 cm³/mol. The average Bonchev–Trinajstić information content (AvgIpc) is 3.12. The number of methoxy groups -OCH3 is 1. The van der Waals surface area contributed by atoms with E-state index in [0.717, 1.165) is 37.7 Å². The average molecular weight is 478 g/mol. The van der Waals surface area contributed by atoms with E-state index in [1.807, 2.05) is 42.5 Å². The molecular formula is C24H20BrN3O3. The van der Waals surface area contributed by atoms with Crippen LogP contribution in [0.25, 0.3) is 27.6 Å². The van der Waals surface area contributed by atoms with Gasteiger partial charge in [0.2, 0.25) is 11.8 Å². The SMILES string of the molecule is COc1ccc(CN2C(=O)CCCC2=O)cc1-n1c2ccccc2c2c(Br)ccnc21. The third kappa shape index (κ3) is 3.29. The van der Waals surface area contributed by atoms with Gasteiger partial charge in [0.05, 0.1) is 24.9 Å². The number of hydrogen-bond acceptors (Lipinski definition) is 4. The largest absolute Gasteiger partial charge is 0.495 e. The molecule has 31 heavy (non-hydrogen) atoms. The fraction of sp³-hybridized carbons (Fsp3) is 0.208. The Morgan fingerprint density at radius 2 is 1.84 bits per heavy atom. The van der Waals surface area contributed by atoms with Gasteiger partial charge in [-0.3, -0.25) is 19.1 Å². The van der Waals surface area contributed by atoms with Crippen LogP contribution in [-0.2, 0) is 16.1 Å². The van der Waals surface area contributed by atoms with Gasteiger partial charge in [0.1, 0.15) is 11.4 Å². The van der Waals surface area contributed by atoms with Crippen molar-refractivity contribution in [3.05, 3.63) is 64.8 Å². The summed E-state index contributed by atoms with van der Waals surface area (Å²) in [6.45, 7) is 0.253. The highest BCUT2D eigenvalue weighted by atomic mass is 79.9. The molecule has 1 saturated heterocycles. The van der Waals surface area contributed by atoms with E-state index in [-0.39, 0.29) is 18.4 Å². The number of aromatic nitrogens is 2. The number of hydrogen-bond donors (Lipinski definition) is 0. The first-order valence-electron chi connectivity index (χ1n) is 10.1. The number of benzene rings is 2. The number of halogens is 1. The first-order chi connectivity index (χ1) is 15.1. The van der Waals surface area contributed by atoms with Crippen LogP contribution in [0.5, 0.6) is 5.75 Å². The molecule has 156 valence electrons. The summed E-state index contributed by atoms with van der Waals surface area (Å²) >= 11 is 3.67. The highest BCUT2D eigenvalue weighted by Crippen LogP contribution is 2.37. The van der Waals surface area contributed by atoms with Gasteiger partial charge in [-0.2, -0.15) is 0 Å². The van der Waals surface area contributed by atoms with Crippen LogP contribution in [0.3, 0.4) is 0 Å². The second-order valence-corrected chi connectivity index (χ2v) is 8.43. The highest BCUT2D eigenvalue weighted by molar-refractivity contribution is 9.10. The lowest BCUT2D eigenvalue weighted by Crippen LogP contribution is -2.39. The van der Waals surface area contributed by atoms with E-state index in [1.54, 1.807) is 13.3 Å². The van der Waals surface area contributed by atoms with Crippen molar-refractivity contribution in [2.24, 2.45) is 0 Å². The van der Waals surface area contributed by atoms with Crippen molar-refractivity contribution in [1.29, 1.82) is 0 Å². The molecule has 0 unspecified atom stereocenters. The van der Waals surface area contributed by atoms with Crippen LogP contribution in [0.4, 0.5) is 0 Å². The van der Waals surface area contributed by atoms with Crippen molar-refractivity contribution in [1.82, 2.24) is 14.5 Å². The number of fused-ring (bicyclic) bond motifs is 3. The lowest BCUT2D eigenvalue weighted by atomic mass is 10.1. The van der Waals surface area contributed by atoms with Gasteiger partial charge < -0.3 is 4.74 Å². The summed E-state index contributed by atoms with van der Waals surface area (Å²) in [5, 5.41) is 2.10. The monoisotopic (exact) mass is 477 g/mol. The molecule has 2 aromatic carbocycles. The third-order valence-corrected chi connectivity index (χ3v) is 6.38. The Balaban J connectivity index is 1.71. The highest BCUT2D eigenvalue weighted by Gasteiger charge is 2.26. The van der Waals surface area contributed by atoms with Gasteiger partial charge in [-0.1, -0.05) is 24.3 Å². The Bertz CT molecular complexity index is 1330. The summed E-state index contributed by atoms with van der Waals surface area (Å²) in [4.78, 5) is 30.6. The Hall–Kier alpha value is -3.19. The van der Waals surface area contributed by atoms with E-state index >= 15 is 0 Å². The van der Waals surface area contributed by atoms with Gasteiger partial charge in [0.25, 0.3) is 0 Å². The van der Waals surface area contributed by atoms with Crippen LogP contribution in [0.15, 0.2) is 59.2 Å². The number of rotatable bonds is 4. The van der Waals surface area contributed by atoms with E-state index in [0.29, 0.717) is 25.0 Å². The summed E-state index contributed by atoms with van der Waals surface area (Å²) in [7, 11) is 1.63. The van der Waals surface area contributed by atoms with Crippen LogP contribution in [-0.4, -0.2) is 33.4 Å². The number of para-hydroxylation sites is 1. The molecule has 1 fully saturated rings. The minimum atomic E-state index is -0.115. The molecule has 0 spiro atoms. The first-order valence-corrected chi connectivity index (χ1v) is 10.9. The number of likely N-dealkylation sites (tertiary alicyclic amines) is 1. The quantitative estimate of drug-likeness (QED) is 0.388. The van der Waals surface area contributed by atoms with Gasteiger partial charge in [-0.25, -0.2) is 4.98 Å². The standard InChI is InChI=1S/C24H20BrN3O3/c1-31-20-10-9-15(14-27-21(29)7-4-8-22(27)30)13-19(20)28-18-6-3-2-5-16(18)23-17(25)11-12-26-24(23)28/h2-3,5-6,9-13H,4,7-8,14H2,1H3. The molecule has 4 aromatic rings. The molecule has 0 atom stereocenters. The van der Waals surface area contributed by atoms with Crippen LogP contribution >= 0.6 is 15.9 Å². The molecule has 6 nitrogen and oxygen atoms in total.